The van der Waals surface area contributed by atoms with Crippen LogP contribution in [0.3, 0.4) is 0 Å². The molecule has 1 heterocycles. The summed E-state index contributed by atoms with van der Waals surface area (Å²) in [5, 5.41) is 12.2. The first-order chi connectivity index (χ1) is 3.13. The molecule has 0 bridgehead atoms. The number of hydrogen-bond donors (Lipinski definition) is 2. The van der Waals surface area contributed by atoms with Gasteiger partial charge in [-0.15, -0.1) is 0 Å². The fourth-order valence-electron chi connectivity index (χ4n) is 0.602. The molecule has 0 aliphatic carbocycles. The smallest absolute Gasteiger partial charge is 0.0892 e. The maximum absolute atomic E-state index is 9.12. The number of hydrogen-bond acceptors (Lipinski definition) is 2. The standard InChI is InChI=1S/C5H11NO/c1-4-5(2,7)3-6-4/h4,6-7H,3H2,1-2H3/t4-,5+/m1/s1. The lowest BCUT2D eigenvalue weighted by molar-refractivity contribution is -0.0335. The van der Waals surface area contributed by atoms with Crippen LogP contribution < -0.4 is 5.32 Å². The van der Waals surface area contributed by atoms with Gasteiger partial charge in [-0.3, -0.25) is 0 Å². The van der Waals surface area contributed by atoms with E-state index in [2.05, 4.69) is 5.32 Å². The molecule has 1 fully saturated rings. The van der Waals surface area contributed by atoms with Crippen molar-refractivity contribution in [3.05, 3.63) is 0 Å². The molecule has 0 saturated carbocycles. The van der Waals surface area contributed by atoms with Crippen molar-refractivity contribution in [1.29, 1.82) is 0 Å². The minimum atomic E-state index is -0.431. The number of nitrogens with one attached hydrogen (secondary N) is 1. The molecule has 0 radical (unpaired) electrons. The van der Waals surface area contributed by atoms with Crippen molar-refractivity contribution in [2.24, 2.45) is 0 Å². The summed E-state index contributed by atoms with van der Waals surface area (Å²) in [4.78, 5) is 0. The van der Waals surface area contributed by atoms with Crippen LogP contribution in [0.4, 0.5) is 0 Å². The van der Waals surface area contributed by atoms with Gasteiger partial charge in [0, 0.05) is 12.6 Å². The third-order valence-electron chi connectivity index (χ3n) is 1.70. The first-order valence-electron chi connectivity index (χ1n) is 2.59. The lowest BCUT2D eigenvalue weighted by atomic mass is 9.90. The molecule has 7 heavy (non-hydrogen) atoms. The highest BCUT2D eigenvalue weighted by atomic mass is 16.3. The second-order valence-electron chi connectivity index (χ2n) is 2.46. The zero-order valence-corrected chi connectivity index (χ0v) is 4.73. The van der Waals surface area contributed by atoms with Gasteiger partial charge in [-0.25, -0.2) is 0 Å². The predicted octanol–water partition coefficient (Wildman–Crippen LogP) is -0.271. The summed E-state index contributed by atoms with van der Waals surface area (Å²) < 4.78 is 0. The van der Waals surface area contributed by atoms with Crippen molar-refractivity contribution in [3.63, 3.8) is 0 Å². The average Bonchev–Trinajstić information content (AvgIpc) is 1.63. The fraction of sp³-hybridized carbons (Fsp3) is 1.00. The first kappa shape index (κ1) is 5.06. The molecular formula is C5H11NO. The van der Waals surface area contributed by atoms with Gasteiger partial charge in [0.2, 0.25) is 0 Å². The molecule has 0 aromatic heterocycles. The molecule has 42 valence electrons. The minimum absolute atomic E-state index is 0.285. The van der Waals surface area contributed by atoms with Crippen molar-refractivity contribution in [3.8, 4) is 0 Å². The van der Waals surface area contributed by atoms with E-state index < -0.39 is 5.60 Å². The highest BCUT2D eigenvalue weighted by Gasteiger charge is 2.36. The zero-order chi connectivity index (χ0) is 5.49. The van der Waals surface area contributed by atoms with Gasteiger partial charge in [0.1, 0.15) is 0 Å². The summed E-state index contributed by atoms with van der Waals surface area (Å²) in [6.07, 6.45) is 0. The van der Waals surface area contributed by atoms with Gasteiger partial charge in [-0.1, -0.05) is 0 Å². The Hall–Kier alpha value is -0.0800. The van der Waals surface area contributed by atoms with Gasteiger partial charge in [0.25, 0.3) is 0 Å². The molecule has 1 rings (SSSR count). The van der Waals surface area contributed by atoms with E-state index >= 15 is 0 Å². The third-order valence-corrected chi connectivity index (χ3v) is 1.70. The van der Waals surface area contributed by atoms with Crippen LogP contribution >= 0.6 is 0 Å². The Morgan fingerprint density at radius 1 is 1.86 bits per heavy atom. The average molecular weight is 101 g/mol. The van der Waals surface area contributed by atoms with E-state index in [1.807, 2.05) is 13.8 Å². The van der Waals surface area contributed by atoms with E-state index in [-0.39, 0.29) is 6.04 Å². The van der Waals surface area contributed by atoms with Crippen LogP contribution in [-0.4, -0.2) is 23.3 Å². The van der Waals surface area contributed by atoms with Crippen molar-refractivity contribution in [1.82, 2.24) is 5.32 Å². The molecule has 2 heteroatoms. The normalized spacial score (nSPS) is 51.0. The first-order valence-corrected chi connectivity index (χ1v) is 2.59. The maximum atomic E-state index is 9.12. The van der Waals surface area contributed by atoms with Crippen LogP contribution in [0, 0.1) is 0 Å². The van der Waals surface area contributed by atoms with E-state index in [0.717, 1.165) is 6.54 Å². The molecule has 2 nitrogen and oxygen atoms in total. The molecule has 0 aromatic carbocycles. The molecular weight excluding hydrogens is 90.1 g/mol. The van der Waals surface area contributed by atoms with Gasteiger partial charge in [0.05, 0.1) is 5.60 Å². The molecule has 0 unspecified atom stereocenters. The summed E-state index contributed by atoms with van der Waals surface area (Å²) in [5.41, 5.74) is -0.431. The molecule has 2 atom stereocenters. The van der Waals surface area contributed by atoms with Crippen LogP contribution in [0.25, 0.3) is 0 Å². The van der Waals surface area contributed by atoms with E-state index in [0.29, 0.717) is 0 Å². The van der Waals surface area contributed by atoms with Crippen molar-refractivity contribution >= 4 is 0 Å². The topological polar surface area (TPSA) is 32.3 Å². The molecule has 0 amide bonds. The monoisotopic (exact) mass is 101 g/mol. The Labute approximate surface area is 43.5 Å². The van der Waals surface area contributed by atoms with E-state index in [1.54, 1.807) is 0 Å². The van der Waals surface area contributed by atoms with Gasteiger partial charge in [0.15, 0.2) is 0 Å². The Kier molecular flexibility index (Phi) is 0.869. The Morgan fingerprint density at radius 3 is 2.29 bits per heavy atom. The van der Waals surface area contributed by atoms with Gasteiger partial charge in [-0.2, -0.15) is 0 Å². The predicted molar refractivity (Wildman–Crippen MR) is 28.1 cm³/mol. The molecule has 1 aliphatic rings. The number of β-amino-alcohol motifs (C(OH)–C–C–N with tert-alkyl or cyclic N) is 1. The Bertz CT molecular complexity index is 80.1. The Balaban J connectivity index is 2.43. The van der Waals surface area contributed by atoms with E-state index in [4.69, 9.17) is 5.11 Å². The van der Waals surface area contributed by atoms with Crippen molar-refractivity contribution < 1.29 is 5.11 Å². The van der Waals surface area contributed by atoms with E-state index in [1.165, 1.54) is 0 Å². The highest BCUT2D eigenvalue weighted by molar-refractivity contribution is 4.96. The van der Waals surface area contributed by atoms with Crippen LogP contribution in [0.15, 0.2) is 0 Å². The second-order valence-corrected chi connectivity index (χ2v) is 2.46. The molecule has 0 aromatic rings. The van der Waals surface area contributed by atoms with Gasteiger partial charge in [-0.05, 0) is 13.8 Å². The van der Waals surface area contributed by atoms with Crippen LogP contribution in [0.1, 0.15) is 13.8 Å². The summed E-state index contributed by atoms with van der Waals surface area (Å²) in [6.45, 7) is 4.56. The number of rotatable bonds is 0. The molecule has 1 saturated heterocycles. The van der Waals surface area contributed by atoms with Gasteiger partial charge < -0.3 is 10.4 Å². The van der Waals surface area contributed by atoms with Gasteiger partial charge >= 0.3 is 0 Å². The summed E-state index contributed by atoms with van der Waals surface area (Å²) in [5.74, 6) is 0. The quantitative estimate of drug-likeness (QED) is 0.440. The highest BCUT2D eigenvalue weighted by Crippen LogP contribution is 2.16. The largest absolute Gasteiger partial charge is 0.387 e. The lowest BCUT2D eigenvalue weighted by Gasteiger charge is -2.41. The van der Waals surface area contributed by atoms with Crippen molar-refractivity contribution in [2.45, 2.75) is 25.5 Å². The lowest BCUT2D eigenvalue weighted by Crippen LogP contribution is -2.64. The SMILES string of the molecule is C[C@H]1NC[C@]1(C)O. The minimum Gasteiger partial charge on any atom is -0.387 e. The maximum Gasteiger partial charge on any atom is 0.0892 e. The molecule has 0 spiro atoms. The second kappa shape index (κ2) is 1.20. The zero-order valence-electron chi connectivity index (χ0n) is 4.73. The summed E-state index contributed by atoms with van der Waals surface area (Å²) in [7, 11) is 0. The summed E-state index contributed by atoms with van der Waals surface area (Å²) in [6, 6.07) is 0.285. The third kappa shape index (κ3) is 0.640. The molecule has 1 aliphatic heterocycles. The van der Waals surface area contributed by atoms with Crippen LogP contribution in [0.2, 0.25) is 0 Å². The van der Waals surface area contributed by atoms with Crippen LogP contribution in [0.5, 0.6) is 0 Å². The van der Waals surface area contributed by atoms with Crippen LogP contribution in [-0.2, 0) is 0 Å². The van der Waals surface area contributed by atoms with Crippen molar-refractivity contribution in [2.75, 3.05) is 6.54 Å². The summed E-state index contributed by atoms with van der Waals surface area (Å²) >= 11 is 0. The molecule has 2 N–H and O–H groups in total. The fourth-order valence-corrected chi connectivity index (χ4v) is 0.602. The van der Waals surface area contributed by atoms with E-state index in [9.17, 15) is 0 Å². The number of aliphatic hydroxyl groups is 1. The Morgan fingerprint density at radius 2 is 2.29 bits per heavy atom.